The van der Waals surface area contributed by atoms with E-state index < -0.39 is 0 Å². The van der Waals surface area contributed by atoms with Crippen LogP contribution in [0.25, 0.3) is 0 Å². The van der Waals surface area contributed by atoms with Crippen LogP contribution < -0.4 is 4.74 Å². The van der Waals surface area contributed by atoms with Gasteiger partial charge in [-0.2, -0.15) is 0 Å². The van der Waals surface area contributed by atoms with Crippen LogP contribution in [-0.4, -0.2) is 52.9 Å². The summed E-state index contributed by atoms with van der Waals surface area (Å²) in [6, 6.07) is 10.9. The fourth-order valence-corrected chi connectivity index (χ4v) is 3.11. The molecule has 0 atom stereocenters. The molecule has 2 amide bonds. The third-order valence-corrected chi connectivity index (χ3v) is 4.64. The molecule has 2 aromatic rings. The van der Waals surface area contributed by atoms with Gasteiger partial charge in [-0.05, 0) is 42.3 Å². The van der Waals surface area contributed by atoms with Crippen molar-refractivity contribution in [3.63, 3.8) is 0 Å². The summed E-state index contributed by atoms with van der Waals surface area (Å²) in [4.78, 5) is 29.4. The van der Waals surface area contributed by atoms with Crippen LogP contribution in [0.3, 0.4) is 0 Å². The van der Waals surface area contributed by atoms with Crippen molar-refractivity contribution in [2.24, 2.45) is 13.0 Å². The smallest absolute Gasteiger partial charge is 0.254 e. The SMILES string of the molecule is C=CCN(CC(=O)N(Cc1cccn1C)CC(C)C)C(=O)c1ccc(OC)cc1. The molecule has 0 bridgehead atoms. The van der Waals surface area contributed by atoms with E-state index in [4.69, 9.17) is 4.74 Å². The van der Waals surface area contributed by atoms with Gasteiger partial charge in [0.15, 0.2) is 0 Å². The number of methoxy groups -OCH3 is 1. The molecule has 6 heteroatoms. The van der Waals surface area contributed by atoms with Crippen molar-refractivity contribution in [3.05, 3.63) is 66.5 Å². The first-order valence-electron chi connectivity index (χ1n) is 9.78. The lowest BCUT2D eigenvalue weighted by atomic mass is 10.1. The molecule has 0 aliphatic carbocycles. The zero-order valence-electron chi connectivity index (χ0n) is 17.8. The number of carbonyl (C=O) groups excluding carboxylic acids is 2. The fraction of sp³-hybridized carbons (Fsp3) is 0.391. The maximum atomic E-state index is 13.1. The molecule has 0 radical (unpaired) electrons. The molecule has 1 aromatic heterocycles. The fourth-order valence-electron chi connectivity index (χ4n) is 3.11. The van der Waals surface area contributed by atoms with Gasteiger partial charge in [-0.1, -0.05) is 19.9 Å². The van der Waals surface area contributed by atoms with Gasteiger partial charge in [-0.15, -0.1) is 6.58 Å². The highest BCUT2D eigenvalue weighted by molar-refractivity contribution is 5.96. The summed E-state index contributed by atoms with van der Waals surface area (Å²) in [6.45, 7) is 9.34. The number of nitrogens with zero attached hydrogens (tertiary/aromatic N) is 3. The summed E-state index contributed by atoms with van der Waals surface area (Å²) in [6.07, 6.45) is 3.60. The van der Waals surface area contributed by atoms with Crippen molar-refractivity contribution in [3.8, 4) is 5.75 Å². The largest absolute Gasteiger partial charge is 0.497 e. The highest BCUT2D eigenvalue weighted by Gasteiger charge is 2.23. The summed E-state index contributed by atoms with van der Waals surface area (Å²) >= 11 is 0. The van der Waals surface area contributed by atoms with Crippen LogP contribution in [0.1, 0.15) is 29.9 Å². The van der Waals surface area contributed by atoms with E-state index >= 15 is 0 Å². The van der Waals surface area contributed by atoms with Gasteiger partial charge in [0.2, 0.25) is 5.91 Å². The van der Waals surface area contributed by atoms with Crippen LogP contribution in [0.2, 0.25) is 0 Å². The number of amides is 2. The molecule has 0 aliphatic heterocycles. The van der Waals surface area contributed by atoms with Gasteiger partial charge in [-0.3, -0.25) is 9.59 Å². The first kappa shape index (κ1) is 22.3. The summed E-state index contributed by atoms with van der Waals surface area (Å²) in [7, 11) is 3.54. The zero-order chi connectivity index (χ0) is 21.4. The van der Waals surface area contributed by atoms with Gasteiger partial charge in [0, 0.05) is 37.6 Å². The molecule has 0 saturated heterocycles. The number of ether oxygens (including phenoxy) is 1. The molecule has 0 fully saturated rings. The highest BCUT2D eigenvalue weighted by Crippen LogP contribution is 2.14. The number of carbonyl (C=O) groups is 2. The second kappa shape index (κ2) is 10.5. The van der Waals surface area contributed by atoms with E-state index in [0.717, 1.165) is 5.69 Å². The predicted molar refractivity (Wildman–Crippen MR) is 115 cm³/mol. The lowest BCUT2D eigenvalue weighted by Crippen LogP contribution is -2.44. The van der Waals surface area contributed by atoms with Crippen molar-refractivity contribution in [1.82, 2.24) is 14.4 Å². The maximum Gasteiger partial charge on any atom is 0.254 e. The molecule has 6 nitrogen and oxygen atoms in total. The maximum absolute atomic E-state index is 13.1. The monoisotopic (exact) mass is 397 g/mol. The van der Waals surface area contributed by atoms with Gasteiger partial charge in [0.1, 0.15) is 12.3 Å². The molecule has 2 rings (SSSR count). The molecular weight excluding hydrogens is 366 g/mol. The molecule has 0 N–H and O–H groups in total. The number of aryl methyl sites for hydroxylation is 1. The Morgan fingerprint density at radius 3 is 2.38 bits per heavy atom. The van der Waals surface area contributed by atoms with Crippen LogP contribution in [-0.2, 0) is 18.4 Å². The van der Waals surface area contributed by atoms with Crippen molar-refractivity contribution in [2.45, 2.75) is 20.4 Å². The number of hydrogen-bond acceptors (Lipinski definition) is 3. The Balaban J connectivity index is 2.16. The van der Waals surface area contributed by atoms with E-state index in [0.29, 0.717) is 36.9 Å². The minimum absolute atomic E-state index is 0.00796. The van der Waals surface area contributed by atoms with Gasteiger partial charge < -0.3 is 19.1 Å². The first-order chi connectivity index (χ1) is 13.8. The number of benzene rings is 1. The molecule has 29 heavy (non-hydrogen) atoms. The van der Waals surface area contributed by atoms with E-state index in [1.54, 1.807) is 37.5 Å². The van der Waals surface area contributed by atoms with E-state index in [1.165, 1.54) is 4.90 Å². The average Bonchev–Trinajstić information content (AvgIpc) is 3.10. The van der Waals surface area contributed by atoms with Gasteiger partial charge >= 0.3 is 0 Å². The van der Waals surface area contributed by atoms with Crippen molar-refractivity contribution in [1.29, 1.82) is 0 Å². The molecule has 0 spiro atoms. The molecule has 0 saturated carbocycles. The van der Waals surface area contributed by atoms with Crippen LogP contribution in [0.4, 0.5) is 0 Å². The minimum Gasteiger partial charge on any atom is -0.497 e. The molecule has 1 heterocycles. The standard InChI is InChI=1S/C23H31N3O3/c1-6-13-25(23(28)19-9-11-21(29-5)12-10-19)17-22(27)26(15-18(2)3)16-20-8-7-14-24(20)4/h6-12,14,18H,1,13,15-17H2,2-5H3. The van der Waals surface area contributed by atoms with Gasteiger partial charge in [-0.25, -0.2) is 0 Å². The highest BCUT2D eigenvalue weighted by atomic mass is 16.5. The predicted octanol–water partition coefficient (Wildman–Crippen LogP) is 3.35. The summed E-state index contributed by atoms with van der Waals surface area (Å²) < 4.78 is 7.15. The van der Waals surface area contributed by atoms with Crippen LogP contribution in [0, 0.1) is 5.92 Å². The summed E-state index contributed by atoms with van der Waals surface area (Å²) in [5.74, 6) is 0.718. The first-order valence-corrected chi connectivity index (χ1v) is 9.78. The summed E-state index contributed by atoms with van der Waals surface area (Å²) in [5, 5.41) is 0. The van der Waals surface area contributed by atoms with Crippen LogP contribution in [0.5, 0.6) is 5.75 Å². The van der Waals surface area contributed by atoms with E-state index in [9.17, 15) is 9.59 Å². The summed E-state index contributed by atoms with van der Waals surface area (Å²) in [5.41, 5.74) is 1.56. The third-order valence-electron chi connectivity index (χ3n) is 4.64. The topological polar surface area (TPSA) is 54.8 Å². The molecule has 0 unspecified atom stereocenters. The van der Waals surface area contributed by atoms with E-state index in [1.807, 2.05) is 34.8 Å². The Hall–Kier alpha value is -3.02. The lowest BCUT2D eigenvalue weighted by Gasteiger charge is -2.28. The van der Waals surface area contributed by atoms with E-state index in [-0.39, 0.29) is 18.4 Å². The minimum atomic E-state index is -0.204. The number of hydrogen-bond donors (Lipinski definition) is 0. The molecule has 156 valence electrons. The zero-order valence-corrected chi connectivity index (χ0v) is 17.8. The lowest BCUT2D eigenvalue weighted by molar-refractivity contribution is -0.133. The number of aromatic nitrogens is 1. The van der Waals surface area contributed by atoms with E-state index in [2.05, 4.69) is 20.4 Å². The van der Waals surface area contributed by atoms with Crippen molar-refractivity contribution < 1.29 is 14.3 Å². The number of rotatable bonds is 10. The molecular formula is C23H31N3O3. The Kier molecular flexibility index (Phi) is 8.07. The Morgan fingerprint density at radius 1 is 1.17 bits per heavy atom. The Labute approximate surface area is 173 Å². The molecule has 0 aliphatic rings. The van der Waals surface area contributed by atoms with Gasteiger partial charge in [0.25, 0.3) is 5.91 Å². The molecule has 1 aromatic carbocycles. The quantitative estimate of drug-likeness (QED) is 0.578. The van der Waals surface area contributed by atoms with Crippen molar-refractivity contribution >= 4 is 11.8 Å². The van der Waals surface area contributed by atoms with Crippen LogP contribution in [0.15, 0.2) is 55.3 Å². The normalized spacial score (nSPS) is 10.7. The second-order valence-electron chi connectivity index (χ2n) is 7.48. The van der Waals surface area contributed by atoms with Crippen LogP contribution >= 0.6 is 0 Å². The third kappa shape index (κ3) is 6.24. The Bertz CT molecular complexity index is 824. The average molecular weight is 398 g/mol. The van der Waals surface area contributed by atoms with Gasteiger partial charge in [0.05, 0.1) is 13.7 Å². The Morgan fingerprint density at radius 2 is 1.86 bits per heavy atom. The van der Waals surface area contributed by atoms with Crippen molar-refractivity contribution in [2.75, 3.05) is 26.7 Å². The second-order valence-corrected chi connectivity index (χ2v) is 7.48.